The van der Waals surface area contributed by atoms with Gasteiger partial charge in [0, 0.05) is 15.1 Å². The molecule has 0 aliphatic carbocycles. The number of rotatable bonds is 1. The Balaban J connectivity index is 2.15. The van der Waals surface area contributed by atoms with Crippen LogP contribution in [0.3, 0.4) is 0 Å². The van der Waals surface area contributed by atoms with Crippen LogP contribution in [-0.4, -0.2) is 9.97 Å². The molecule has 0 amide bonds. The summed E-state index contributed by atoms with van der Waals surface area (Å²) in [6.45, 7) is 0. The van der Waals surface area contributed by atoms with Gasteiger partial charge in [0.1, 0.15) is 5.52 Å². The van der Waals surface area contributed by atoms with Gasteiger partial charge in [0.05, 0.1) is 23.0 Å². The second-order valence-electron chi connectivity index (χ2n) is 4.59. The van der Waals surface area contributed by atoms with Crippen LogP contribution in [0.4, 0.5) is 13.2 Å². The van der Waals surface area contributed by atoms with Crippen LogP contribution in [0.5, 0.6) is 0 Å². The molecule has 7 heteroatoms. The summed E-state index contributed by atoms with van der Waals surface area (Å²) in [6.07, 6.45) is -2.98. The lowest BCUT2D eigenvalue weighted by Gasteiger charge is -2.09. The van der Waals surface area contributed by atoms with Crippen LogP contribution in [0.2, 0.25) is 5.02 Å². The number of nitrogens with zero attached hydrogens (tertiary/aromatic N) is 2. The monoisotopic (exact) mass is 386 g/mol. The Morgan fingerprint density at radius 2 is 1.73 bits per heavy atom. The maximum Gasteiger partial charge on any atom is 0.416 e. The lowest BCUT2D eigenvalue weighted by atomic mass is 10.1. The zero-order valence-electron chi connectivity index (χ0n) is 10.8. The van der Waals surface area contributed by atoms with Crippen LogP contribution in [0.25, 0.3) is 22.3 Å². The summed E-state index contributed by atoms with van der Waals surface area (Å²) >= 11 is 8.96. The lowest BCUT2D eigenvalue weighted by molar-refractivity contribution is -0.137. The largest absolute Gasteiger partial charge is 0.416 e. The van der Waals surface area contributed by atoms with Crippen molar-refractivity contribution in [2.24, 2.45) is 0 Å². The highest BCUT2D eigenvalue weighted by Gasteiger charge is 2.31. The third-order valence-electron chi connectivity index (χ3n) is 3.07. The average Bonchev–Trinajstić information content (AvgIpc) is 2.47. The van der Waals surface area contributed by atoms with E-state index in [1.165, 1.54) is 6.20 Å². The molecular weight excluding hydrogens is 381 g/mol. The van der Waals surface area contributed by atoms with E-state index in [-0.39, 0.29) is 9.99 Å². The number of aromatic nitrogens is 2. The molecule has 22 heavy (non-hydrogen) atoms. The Morgan fingerprint density at radius 3 is 2.36 bits per heavy atom. The molecule has 1 heterocycles. The van der Waals surface area contributed by atoms with Crippen molar-refractivity contribution in [1.82, 2.24) is 9.97 Å². The first-order chi connectivity index (χ1) is 10.3. The van der Waals surface area contributed by atoms with E-state index in [4.69, 9.17) is 11.6 Å². The number of benzene rings is 2. The van der Waals surface area contributed by atoms with Gasteiger partial charge in [-0.1, -0.05) is 23.7 Å². The van der Waals surface area contributed by atoms with Crippen LogP contribution in [0, 0.1) is 0 Å². The smallest absolute Gasteiger partial charge is 0.252 e. The minimum absolute atomic E-state index is 0.180. The van der Waals surface area contributed by atoms with Gasteiger partial charge in [0.25, 0.3) is 0 Å². The van der Waals surface area contributed by atoms with Gasteiger partial charge < -0.3 is 0 Å². The molecule has 0 radical (unpaired) electrons. The van der Waals surface area contributed by atoms with Gasteiger partial charge in [-0.15, -0.1) is 0 Å². The minimum atomic E-state index is -4.42. The predicted molar refractivity (Wildman–Crippen MR) is 82.7 cm³/mol. The zero-order valence-corrected chi connectivity index (χ0v) is 13.2. The summed E-state index contributed by atoms with van der Waals surface area (Å²) in [5.74, 6) is 0. The average molecular weight is 388 g/mol. The first-order valence-electron chi connectivity index (χ1n) is 6.14. The fourth-order valence-corrected chi connectivity index (χ4v) is 2.66. The van der Waals surface area contributed by atoms with Crippen molar-refractivity contribution in [1.29, 1.82) is 0 Å². The van der Waals surface area contributed by atoms with E-state index in [9.17, 15) is 13.2 Å². The molecule has 0 bridgehead atoms. The third kappa shape index (κ3) is 2.94. The van der Waals surface area contributed by atoms with Crippen LogP contribution >= 0.6 is 27.5 Å². The molecule has 0 unspecified atom stereocenters. The van der Waals surface area contributed by atoms with Gasteiger partial charge in [-0.3, -0.25) is 4.98 Å². The minimum Gasteiger partial charge on any atom is -0.252 e. The molecule has 0 atom stereocenters. The van der Waals surface area contributed by atoms with Gasteiger partial charge in [-0.2, -0.15) is 13.2 Å². The van der Waals surface area contributed by atoms with E-state index in [2.05, 4.69) is 25.9 Å². The molecule has 2 nitrogen and oxygen atoms in total. The zero-order chi connectivity index (χ0) is 15.9. The van der Waals surface area contributed by atoms with Crippen molar-refractivity contribution >= 4 is 38.6 Å². The maximum atomic E-state index is 12.8. The molecule has 0 N–H and O–H groups in total. The predicted octanol–water partition coefficient (Wildman–Crippen LogP) is 5.73. The fourth-order valence-electron chi connectivity index (χ4n) is 2.00. The van der Waals surface area contributed by atoms with Crippen molar-refractivity contribution < 1.29 is 13.2 Å². The SMILES string of the molecule is FC(F)(F)c1cc(Br)c2nc(-c3ccc(Cl)cc3)cnc2c1. The van der Waals surface area contributed by atoms with Gasteiger partial charge in [-0.25, -0.2) is 4.98 Å². The molecule has 0 saturated carbocycles. The van der Waals surface area contributed by atoms with Gasteiger partial charge in [0.15, 0.2) is 0 Å². The van der Waals surface area contributed by atoms with Crippen molar-refractivity contribution in [2.75, 3.05) is 0 Å². The van der Waals surface area contributed by atoms with E-state index >= 15 is 0 Å². The number of hydrogen-bond acceptors (Lipinski definition) is 2. The first kappa shape index (κ1) is 15.2. The molecular formula is C15H7BrClF3N2. The summed E-state index contributed by atoms with van der Waals surface area (Å²) in [5.41, 5.74) is 1.13. The Kier molecular flexibility index (Phi) is 3.82. The summed E-state index contributed by atoms with van der Waals surface area (Å²) in [6, 6.07) is 8.96. The standard InChI is InChI=1S/C15H7BrClF3N2/c16-11-5-9(15(18,19)20)6-12-14(11)22-13(7-21-12)8-1-3-10(17)4-2-8/h1-7H. The Morgan fingerprint density at radius 1 is 1.05 bits per heavy atom. The molecule has 0 saturated heterocycles. The third-order valence-corrected chi connectivity index (χ3v) is 3.93. The van der Waals surface area contributed by atoms with E-state index < -0.39 is 11.7 Å². The first-order valence-corrected chi connectivity index (χ1v) is 7.31. The number of halogens is 5. The molecule has 0 aliphatic rings. The highest BCUT2D eigenvalue weighted by molar-refractivity contribution is 9.10. The van der Waals surface area contributed by atoms with E-state index in [0.29, 0.717) is 16.2 Å². The molecule has 3 aromatic rings. The fraction of sp³-hybridized carbons (Fsp3) is 0.0667. The molecule has 1 aromatic heterocycles. The lowest BCUT2D eigenvalue weighted by Crippen LogP contribution is -2.05. The normalized spacial score (nSPS) is 11.9. The second-order valence-corrected chi connectivity index (χ2v) is 5.88. The van der Waals surface area contributed by atoms with Crippen molar-refractivity contribution in [3.8, 4) is 11.3 Å². The van der Waals surface area contributed by atoms with Crippen LogP contribution in [0.1, 0.15) is 5.56 Å². The van der Waals surface area contributed by atoms with E-state index in [1.54, 1.807) is 24.3 Å². The summed E-state index contributed by atoms with van der Waals surface area (Å²) in [5, 5.41) is 0.591. The van der Waals surface area contributed by atoms with Gasteiger partial charge in [-0.05, 0) is 40.2 Å². The number of fused-ring (bicyclic) bond motifs is 1. The number of alkyl halides is 3. The molecule has 0 spiro atoms. The van der Waals surface area contributed by atoms with Crippen molar-refractivity contribution in [2.45, 2.75) is 6.18 Å². The molecule has 112 valence electrons. The van der Waals surface area contributed by atoms with Crippen LogP contribution in [-0.2, 0) is 6.18 Å². The van der Waals surface area contributed by atoms with Crippen molar-refractivity contribution in [3.63, 3.8) is 0 Å². The van der Waals surface area contributed by atoms with Crippen LogP contribution in [0.15, 0.2) is 47.1 Å². The van der Waals surface area contributed by atoms with E-state index in [0.717, 1.165) is 17.7 Å². The molecule has 2 aromatic carbocycles. The Bertz CT molecular complexity index is 848. The highest BCUT2D eigenvalue weighted by atomic mass is 79.9. The highest BCUT2D eigenvalue weighted by Crippen LogP contribution is 2.34. The molecule has 0 fully saturated rings. The molecule has 0 aliphatic heterocycles. The van der Waals surface area contributed by atoms with E-state index in [1.807, 2.05) is 0 Å². The number of hydrogen-bond donors (Lipinski definition) is 0. The van der Waals surface area contributed by atoms with Crippen LogP contribution < -0.4 is 0 Å². The summed E-state index contributed by atoms with van der Waals surface area (Å²) in [4.78, 5) is 8.47. The van der Waals surface area contributed by atoms with Crippen molar-refractivity contribution in [3.05, 3.63) is 57.7 Å². The Hall–Kier alpha value is -1.66. The van der Waals surface area contributed by atoms with Gasteiger partial charge >= 0.3 is 6.18 Å². The van der Waals surface area contributed by atoms with Gasteiger partial charge in [0.2, 0.25) is 0 Å². The topological polar surface area (TPSA) is 25.8 Å². The summed E-state index contributed by atoms with van der Waals surface area (Å²) < 4.78 is 38.6. The Labute approximate surface area is 137 Å². The quantitative estimate of drug-likeness (QED) is 0.533. The maximum absolute atomic E-state index is 12.8. The molecule has 3 rings (SSSR count). The summed E-state index contributed by atoms with van der Waals surface area (Å²) in [7, 11) is 0. The second kappa shape index (κ2) is 5.52.